The number of carbonyl (C=O) groups excluding carboxylic acids is 2. The highest BCUT2D eigenvalue weighted by atomic mass is 35.5. The van der Waals surface area contributed by atoms with Crippen LogP contribution in [0.15, 0.2) is 53.4 Å². The largest absolute Gasteiger partial charge is 0.457 e. The predicted molar refractivity (Wildman–Crippen MR) is 102 cm³/mol. The molecule has 0 aromatic heterocycles. The number of nitrogens with one attached hydrogen (secondary N) is 1. The molecule has 0 unspecified atom stereocenters. The normalized spacial score (nSPS) is 11.2. The molecule has 0 radical (unpaired) electrons. The van der Waals surface area contributed by atoms with Gasteiger partial charge in [0.05, 0.1) is 11.3 Å². The molecule has 0 saturated heterocycles. The van der Waals surface area contributed by atoms with Crippen molar-refractivity contribution in [3.8, 4) is 0 Å². The van der Waals surface area contributed by atoms with Crippen molar-refractivity contribution in [2.24, 2.45) is 0 Å². The Morgan fingerprint density at radius 1 is 1.04 bits per heavy atom. The zero-order valence-corrected chi connectivity index (χ0v) is 16.3. The maximum absolute atomic E-state index is 12.1. The second-order valence-corrected chi connectivity index (χ2v) is 7.94. The van der Waals surface area contributed by atoms with Crippen LogP contribution in [0.1, 0.15) is 29.3 Å². The molecule has 0 aliphatic heterocycles. The molecule has 8 heteroatoms. The zero-order chi connectivity index (χ0) is 19.9. The highest BCUT2D eigenvalue weighted by molar-refractivity contribution is 7.89. The first-order chi connectivity index (χ1) is 12.8. The maximum atomic E-state index is 12.1. The van der Waals surface area contributed by atoms with Crippen molar-refractivity contribution in [2.45, 2.75) is 24.7 Å². The van der Waals surface area contributed by atoms with E-state index in [-0.39, 0.29) is 30.3 Å². The van der Waals surface area contributed by atoms with Gasteiger partial charge in [0.25, 0.3) is 0 Å². The van der Waals surface area contributed by atoms with Gasteiger partial charge in [-0.05, 0) is 36.2 Å². The topological polar surface area (TPSA) is 89.5 Å². The highest BCUT2D eigenvalue weighted by Gasteiger charge is 2.15. The molecule has 2 rings (SSSR count). The number of hydrogen-bond donors (Lipinski definition) is 1. The summed E-state index contributed by atoms with van der Waals surface area (Å²) in [5.74, 6) is -0.972. The van der Waals surface area contributed by atoms with E-state index in [2.05, 4.69) is 4.72 Å². The third-order valence-corrected chi connectivity index (χ3v) is 5.52. The molecule has 0 fully saturated rings. The Morgan fingerprint density at radius 2 is 1.67 bits per heavy atom. The first kappa shape index (κ1) is 21.1. The predicted octanol–water partition coefficient (Wildman–Crippen LogP) is 3.00. The highest BCUT2D eigenvalue weighted by Crippen LogP contribution is 2.13. The van der Waals surface area contributed by atoms with Gasteiger partial charge in [-0.3, -0.25) is 9.59 Å². The van der Waals surface area contributed by atoms with Gasteiger partial charge < -0.3 is 4.74 Å². The number of ether oxygens (including phenoxy) is 1. The van der Waals surface area contributed by atoms with Gasteiger partial charge >= 0.3 is 5.97 Å². The lowest BCUT2D eigenvalue weighted by atomic mass is 10.1. The van der Waals surface area contributed by atoms with Crippen LogP contribution < -0.4 is 4.72 Å². The zero-order valence-electron chi connectivity index (χ0n) is 14.8. The van der Waals surface area contributed by atoms with Crippen molar-refractivity contribution in [1.29, 1.82) is 0 Å². The molecule has 0 aliphatic rings. The van der Waals surface area contributed by atoms with Crippen LogP contribution in [0.5, 0.6) is 0 Å². The SMILES string of the molecule is CCc1ccc(C(=O)COC(=O)CCNS(=O)(=O)c2ccc(Cl)cc2)cc1. The minimum Gasteiger partial charge on any atom is -0.457 e. The van der Waals surface area contributed by atoms with E-state index in [1.807, 2.05) is 19.1 Å². The fourth-order valence-corrected chi connectivity index (χ4v) is 3.37. The third-order valence-electron chi connectivity index (χ3n) is 3.79. The molecule has 0 bridgehead atoms. The number of Topliss-reactive ketones (excluding diaryl/α,β-unsaturated/α-hetero) is 1. The monoisotopic (exact) mass is 409 g/mol. The van der Waals surface area contributed by atoms with Gasteiger partial charge in [-0.25, -0.2) is 13.1 Å². The average molecular weight is 410 g/mol. The molecule has 6 nitrogen and oxygen atoms in total. The Morgan fingerprint density at radius 3 is 2.26 bits per heavy atom. The number of ketones is 1. The summed E-state index contributed by atoms with van der Waals surface area (Å²) >= 11 is 5.72. The minimum atomic E-state index is -3.74. The van der Waals surface area contributed by atoms with Gasteiger partial charge in [-0.1, -0.05) is 42.8 Å². The Balaban J connectivity index is 1.77. The van der Waals surface area contributed by atoms with E-state index in [0.717, 1.165) is 12.0 Å². The molecule has 0 heterocycles. The van der Waals surface area contributed by atoms with Crippen molar-refractivity contribution in [1.82, 2.24) is 4.72 Å². The Hall–Kier alpha value is -2.22. The Kier molecular flexibility index (Phi) is 7.53. The summed E-state index contributed by atoms with van der Waals surface area (Å²) in [7, 11) is -3.74. The molecule has 0 atom stereocenters. The summed E-state index contributed by atoms with van der Waals surface area (Å²) in [6.07, 6.45) is 0.685. The summed E-state index contributed by atoms with van der Waals surface area (Å²) in [5, 5.41) is 0.423. The molecule has 0 spiro atoms. The molecular weight excluding hydrogens is 390 g/mol. The van der Waals surface area contributed by atoms with Crippen LogP contribution in [0.25, 0.3) is 0 Å². The van der Waals surface area contributed by atoms with Gasteiger partial charge in [0, 0.05) is 17.1 Å². The van der Waals surface area contributed by atoms with Gasteiger partial charge in [0.15, 0.2) is 12.4 Å². The molecule has 0 aliphatic carbocycles. The fraction of sp³-hybridized carbons (Fsp3) is 0.263. The molecule has 0 saturated carbocycles. The summed E-state index contributed by atoms with van der Waals surface area (Å²) in [4.78, 5) is 23.8. The van der Waals surface area contributed by atoms with E-state index >= 15 is 0 Å². The molecule has 2 aromatic carbocycles. The summed E-state index contributed by atoms with van der Waals surface area (Å²) in [6, 6.07) is 12.7. The second kappa shape index (κ2) is 9.64. The van der Waals surface area contributed by atoms with Crippen LogP contribution in [-0.4, -0.2) is 33.3 Å². The van der Waals surface area contributed by atoms with E-state index in [1.54, 1.807) is 12.1 Å². The maximum Gasteiger partial charge on any atom is 0.307 e. The lowest BCUT2D eigenvalue weighted by molar-refractivity contribution is -0.142. The summed E-state index contributed by atoms with van der Waals surface area (Å²) < 4.78 is 31.3. The Labute approximate surface area is 163 Å². The molecular formula is C19H20ClNO5S. The smallest absolute Gasteiger partial charge is 0.307 e. The number of carbonyl (C=O) groups is 2. The van der Waals surface area contributed by atoms with Gasteiger partial charge in [0.2, 0.25) is 10.0 Å². The third kappa shape index (κ3) is 6.46. The molecule has 1 N–H and O–H groups in total. The number of halogens is 1. The number of esters is 1. The molecule has 27 heavy (non-hydrogen) atoms. The number of benzene rings is 2. The standard InChI is InChI=1S/C19H20ClNO5S/c1-2-14-3-5-15(6-4-14)18(22)13-26-19(23)11-12-21-27(24,25)17-9-7-16(20)8-10-17/h3-10,21H,2,11-13H2,1H3. The van der Waals surface area contributed by atoms with E-state index < -0.39 is 16.0 Å². The second-order valence-electron chi connectivity index (χ2n) is 5.74. The fourth-order valence-electron chi connectivity index (χ4n) is 2.21. The minimum absolute atomic E-state index is 0.0472. The van der Waals surface area contributed by atoms with Crippen molar-refractivity contribution >= 4 is 33.4 Å². The van der Waals surface area contributed by atoms with Gasteiger partial charge in [-0.15, -0.1) is 0 Å². The van der Waals surface area contributed by atoms with E-state index in [9.17, 15) is 18.0 Å². The van der Waals surface area contributed by atoms with Crippen LogP contribution in [0.3, 0.4) is 0 Å². The average Bonchev–Trinajstić information content (AvgIpc) is 2.66. The van der Waals surface area contributed by atoms with E-state index in [4.69, 9.17) is 16.3 Å². The van der Waals surface area contributed by atoms with Crippen molar-refractivity contribution < 1.29 is 22.7 Å². The number of aryl methyl sites for hydroxylation is 1. The van der Waals surface area contributed by atoms with E-state index in [1.165, 1.54) is 24.3 Å². The summed E-state index contributed by atoms with van der Waals surface area (Å²) in [5.41, 5.74) is 1.57. The number of hydrogen-bond acceptors (Lipinski definition) is 5. The van der Waals surface area contributed by atoms with Crippen LogP contribution in [0, 0.1) is 0 Å². The van der Waals surface area contributed by atoms with Gasteiger partial charge in [-0.2, -0.15) is 0 Å². The van der Waals surface area contributed by atoms with Crippen LogP contribution >= 0.6 is 11.6 Å². The first-order valence-electron chi connectivity index (χ1n) is 8.35. The first-order valence-corrected chi connectivity index (χ1v) is 10.2. The summed E-state index contributed by atoms with van der Waals surface area (Å²) in [6.45, 7) is 1.50. The Bertz CT molecular complexity index is 893. The van der Waals surface area contributed by atoms with Crippen LogP contribution in [0.4, 0.5) is 0 Å². The molecule has 2 aromatic rings. The van der Waals surface area contributed by atoms with Crippen LogP contribution in [0.2, 0.25) is 5.02 Å². The van der Waals surface area contributed by atoms with Crippen molar-refractivity contribution in [3.05, 3.63) is 64.7 Å². The number of sulfonamides is 1. The van der Waals surface area contributed by atoms with Gasteiger partial charge in [0.1, 0.15) is 0 Å². The molecule has 144 valence electrons. The van der Waals surface area contributed by atoms with Crippen molar-refractivity contribution in [2.75, 3.05) is 13.2 Å². The number of rotatable bonds is 9. The lowest BCUT2D eigenvalue weighted by Crippen LogP contribution is -2.27. The molecule has 0 amide bonds. The quantitative estimate of drug-likeness (QED) is 0.508. The lowest BCUT2D eigenvalue weighted by Gasteiger charge is -2.07. The van der Waals surface area contributed by atoms with E-state index in [0.29, 0.717) is 10.6 Å². The van der Waals surface area contributed by atoms with Crippen molar-refractivity contribution in [3.63, 3.8) is 0 Å². The van der Waals surface area contributed by atoms with Crippen LogP contribution in [-0.2, 0) is 26.0 Å².